The number of carboxylic acid groups (broad SMARTS) is 1. The summed E-state index contributed by atoms with van der Waals surface area (Å²) in [5, 5.41) is 9.97. The number of amides is 1. The minimum Gasteiger partial charge on any atom is -0.479 e. The average Bonchev–Trinajstić information content (AvgIpc) is 3.31. The Hall–Kier alpha value is -3.15. The number of aliphatic carboxylic acids is 1. The van der Waals surface area contributed by atoms with Crippen LogP contribution in [0.25, 0.3) is 10.6 Å². The first-order chi connectivity index (χ1) is 19.1. The topological polar surface area (TPSA) is 92.2 Å². The van der Waals surface area contributed by atoms with Crippen LogP contribution in [-0.2, 0) is 21.8 Å². The first kappa shape index (κ1) is 29.8. The number of rotatable bonds is 10. The van der Waals surface area contributed by atoms with Gasteiger partial charge in [-0.25, -0.2) is 19.0 Å². The van der Waals surface area contributed by atoms with Gasteiger partial charge < -0.3 is 19.5 Å². The number of benzene rings is 2. The van der Waals surface area contributed by atoms with E-state index in [-0.39, 0.29) is 18.0 Å². The third-order valence-corrected chi connectivity index (χ3v) is 8.73. The highest BCUT2D eigenvalue weighted by atomic mass is 32.2. The lowest BCUT2D eigenvalue weighted by atomic mass is 10.2. The third kappa shape index (κ3) is 7.96. The highest BCUT2D eigenvalue weighted by Crippen LogP contribution is 2.35. The molecule has 8 nitrogen and oxygen atoms in total. The van der Waals surface area contributed by atoms with E-state index in [9.17, 15) is 14.0 Å². The van der Waals surface area contributed by atoms with Crippen molar-refractivity contribution in [2.45, 2.75) is 57.1 Å². The highest BCUT2D eigenvalue weighted by molar-refractivity contribution is 7.98. The Balaban J connectivity index is 1.47. The van der Waals surface area contributed by atoms with E-state index < -0.39 is 12.1 Å². The van der Waals surface area contributed by atoms with Crippen molar-refractivity contribution in [3.05, 3.63) is 64.4 Å². The van der Waals surface area contributed by atoms with Crippen molar-refractivity contribution in [1.29, 1.82) is 0 Å². The number of aromatic nitrogens is 1. The van der Waals surface area contributed by atoms with E-state index in [2.05, 4.69) is 4.90 Å². The Kier molecular flexibility index (Phi) is 10.0. The van der Waals surface area contributed by atoms with Crippen LogP contribution in [0.5, 0.6) is 5.75 Å². The van der Waals surface area contributed by atoms with Gasteiger partial charge in [-0.2, -0.15) is 0 Å². The van der Waals surface area contributed by atoms with E-state index >= 15 is 0 Å². The first-order valence-electron chi connectivity index (χ1n) is 13.1. The standard InChI is InChI=1S/C29H34FN3O5S2/c1-18(2)37-29(36)33-13-11-32(12-14-33)16-24-26(40-27(31-24)21-5-7-22(30)8-6-21)17-39-23-9-10-25(19(3)15-23)38-20(4)28(34)35/h5-10,15,18,20H,11-14,16-17H2,1-4H3,(H,34,35). The number of carbonyl (C=O) groups is 2. The van der Waals surface area contributed by atoms with Crippen LogP contribution in [0.1, 0.15) is 36.9 Å². The fraction of sp³-hybridized carbons (Fsp3) is 0.414. The quantitative estimate of drug-likeness (QED) is 0.286. The van der Waals surface area contributed by atoms with Crippen LogP contribution in [0, 0.1) is 12.7 Å². The Morgan fingerprint density at radius 1 is 1.10 bits per heavy atom. The molecule has 2 aromatic carbocycles. The molecule has 3 aromatic rings. The Labute approximate surface area is 242 Å². The molecule has 1 N–H and O–H groups in total. The summed E-state index contributed by atoms with van der Waals surface area (Å²) in [7, 11) is 0. The van der Waals surface area contributed by atoms with Gasteiger partial charge in [-0.1, -0.05) is 0 Å². The average molecular weight is 588 g/mol. The molecule has 0 bridgehead atoms. The lowest BCUT2D eigenvalue weighted by Gasteiger charge is -2.34. The van der Waals surface area contributed by atoms with Gasteiger partial charge in [0.2, 0.25) is 0 Å². The van der Waals surface area contributed by atoms with Crippen molar-refractivity contribution in [2.24, 2.45) is 0 Å². The van der Waals surface area contributed by atoms with Gasteiger partial charge in [-0.3, -0.25) is 4.90 Å². The molecule has 0 spiro atoms. The van der Waals surface area contributed by atoms with Gasteiger partial charge in [-0.05, 0) is 75.7 Å². The van der Waals surface area contributed by atoms with E-state index in [0.717, 1.165) is 44.7 Å². The van der Waals surface area contributed by atoms with Crippen molar-refractivity contribution >= 4 is 35.2 Å². The van der Waals surface area contributed by atoms with Crippen molar-refractivity contribution in [1.82, 2.24) is 14.8 Å². The second-order valence-corrected chi connectivity index (χ2v) is 12.0. The number of hydrogen-bond acceptors (Lipinski definition) is 8. The fourth-order valence-electron chi connectivity index (χ4n) is 4.15. The molecular formula is C29H34FN3O5S2. The molecule has 11 heteroatoms. The number of nitrogens with zero attached hydrogens (tertiary/aromatic N) is 3. The zero-order valence-corrected chi connectivity index (χ0v) is 24.7. The van der Waals surface area contributed by atoms with Gasteiger partial charge in [0.1, 0.15) is 16.6 Å². The number of halogens is 1. The maximum atomic E-state index is 13.5. The summed E-state index contributed by atoms with van der Waals surface area (Å²) in [4.78, 5) is 34.6. The Bertz CT molecular complexity index is 1320. The highest BCUT2D eigenvalue weighted by Gasteiger charge is 2.25. The van der Waals surface area contributed by atoms with Crippen LogP contribution < -0.4 is 4.74 Å². The predicted octanol–water partition coefficient (Wildman–Crippen LogP) is 6.06. The monoisotopic (exact) mass is 587 g/mol. The molecule has 4 rings (SSSR count). The number of ether oxygens (including phenoxy) is 2. The minimum atomic E-state index is -1.01. The summed E-state index contributed by atoms with van der Waals surface area (Å²) < 4.78 is 24.4. The Morgan fingerprint density at radius 3 is 2.42 bits per heavy atom. The van der Waals surface area contributed by atoms with E-state index in [0.29, 0.717) is 31.1 Å². The van der Waals surface area contributed by atoms with E-state index in [4.69, 9.17) is 19.6 Å². The maximum absolute atomic E-state index is 13.5. The van der Waals surface area contributed by atoms with Crippen molar-refractivity contribution < 1.29 is 28.6 Å². The van der Waals surface area contributed by atoms with Gasteiger partial charge in [0.15, 0.2) is 6.10 Å². The van der Waals surface area contributed by atoms with Crippen LogP contribution in [0.2, 0.25) is 0 Å². The van der Waals surface area contributed by atoms with Gasteiger partial charge in [-0.15, -0.1) is 23.1 Å². The predicted molar refractivity (Wildman–Crippen MR) is 154 cm³/mol. The summed E-state index contributed by atoms with van der Waals surface area (Å²) in [6, 6.07) is 12.1. The van der Waals surface area contributed by atoms with Crippen molar-refractivity contribution in [2.75, 3.05) is 26.2 Å². The normalized spacial score (nSPS) is 14.8. The largest absolute Gasteiger partial charge is 0.479 e. The lowest BCUT2D eigenvalue weighted by Crippen LogP contribution is -2.48. The number of thioether (sulfide) groups is 1. The van der Waals surface area contributed by atoms with Crippen LogP contribution in [0.4, 0.5) is 9.18 Å². The van der Waals surface area contributed by atoms with Crippen LogP contribution in [0.15, 0.2) is 47.4 Å². The number of aryl methyl sites for hydroxylation is 1. The minimum absolute atomic E-state index is 0.147. The molecule has 1 unspecified atom stereocenters. The van der Waals surface area contributed by atoms with Gasteiger partial charge >= 0.3 is 12.1 Å². The van der Waals surface area contributed by atoms with Gasteiger partial charge in [0.05, 0.1) is 11.8 Å². The molecule has 1 atom stereocenters. The molecule has 2 heterocycles. The molecule has 1 aliphatic rings. The van der Waals surface area contributed by atoms with Crippen LogP contribution in [-0.4, -0.2) is 70.3 Å². The molecule has 1 amide bonds. The smallest absolute Gasteiger partial charge is 0.410 e. The summed E-state index contributed by atoms with van der Waals surface area (Å²) >= 11 is 3.27. The van der Waals surface area contributed by atoms with Crippen molar-refractivity contribution in [3.63, 3.8) is 0 Å². The summed E-state index contributed by atoms with van der Waals surface area (Å²) in [5.74, 6) is -0.0528. The second kappa shape index (κ2) is 13.5. The van der Waals surface area contributed by atoms with Crippen molar-refractivity contribution in [3.8, 4) is 16.3 Å². The number of carboxylic acids is 1. The SMILES string of the molecule is Cc1cc(SCc2sc(-c3ccc(F)cc3)nc2CN2CCN(C(=O)OC(C)C)CC2)ccc1OC(C)C(=O)O. The zero-order chi connectivity index (χ0) is 28.8. The van der Waals surface area contributed by atoms with Crippen LogP contribution in [0.3, 0.4) is 0 Å². The molecular weight excluding hydrogens is 553 g/mol. The lowest BCUT2D eigenvalue weighted by molar-refractivity contribution is -0.144. The molecule has 1 saturated heterocycles. The van der Waals surface area contributed by atoms with E-state index in [1.54, 1.807) is 46.2 Å². The molecule has 1 fully saturated rings. The van der Waals surface area contributed by atoms with Gasteiger partial charge in [0.25, 0.3) is 0 Å². The molecule has 0 aliphatic carbocycles. The second-order valence-electron chi connectivity index (χ2n) is 9.91. The molecule has 1 aliphatic heterocycles. The molecule has 214 valence electrons. The number of piperazine rings is 1. The van der Waals surface area contributed by atoms with Crippen LogP contribution >= 0.6 is 23.1 Å². The number of hydrogen-bond donors (Lipinski definition) is 1. The van der Waals surface area contributed by atoms with E-state index in [1.807, 2.05) is 32.9 Å². The first-order valence-corrected chi connectivity index (χ1v) is 14.9. The molecule has 40 heavy (non-hydrogen) atoms. The maximum Gasteiger partial charge on any atom is 0.410 e. The summed E-state index contributed by atoms with van der Waals surface area (Å²) in [5.41, 5.74) is 2.71. The molecule has 1 aromatic heterocycles. The molecule has 0 radical (unpaired) electrons. The van der Waals surface area contributed by atoms with E-state index in [1.165, 1.54) is 19.1 Å². The zero-order valence-electron chi connectivity index (χ0n) is 23.1. The molecule has 0 saturated carbocycles. The number of carbonyl (C=O) groups excluding carboxylic acids is 1. The third-order valence-electron chi connectivity index (χ3n) is 6.38. The fourth-order valence-corrected chi connectivity index (χ4v) is 6.32. The number of thiazole rings is 1. The summed E-state index contributed by atoms with van der Waals surface area (Å²) in [6.45, 7) is 10.4. The Morgan fingerprint density at radius 2 is 1.80 bits per heavy atom. The van der Waals surface area contributed by atoms with Gasteiger partial charge in [0, 0.05) is 53.8 Å². The summed E-state index contributed by atoms with van der Waals surface area (Å²) in [6.07, 6.45) is -1.35.